The molecule has 0 fully saturated rings. The summed E-state index contributed by atoms with van der Waals surface area (Å²) in [5.74, 6) is -4.42. The number of ketones is 2. The quantitative estimate of drug-likeness (QED) is 0.127. The first-order valence-corrected chi connectivity index (χ1v) is 17.1. The number of carbonyl (C=O) groups is 4. The van der Waals surface area contributed by atoms with Crippen molar-refractivity contribution in [3.8, 4) is 11.5 Å². The minimum atomic E-state index is -0.992. The van der Waals surface area contributed by atoms with Gasteiger partial charge in [-0.15, -0.1) is 0 Å². The fraction of sp³-hybridized carbons (Fsp3) is 0.600. The Hall–Kier alpha value is -3.68. The summed E-state index contributed by atoms with van der Waals surface area (Å²) in [7, 11) is 0. The van der Waals surface area contributed by atoms with Gasteiger partial charge in [0, 0.05) is 0 Å². The van der Waals surface area contributed by atoms with Crippen LogP contribution in [0.3, 0.4) is 0 Å². The number of phenols is 2. The number of Topliss-reactive ketones (excluding diaryl/α,β-unsaturated/α-hetero) is 2. The van der Waals surface area contributed by atoms with Crippen LogP contribution in [0.15, 0.2) is 24.3 Å². The van der Waals surface area contributed by atoms with Gasteiger partial charge in [-0.3, -0.25) is 19.2 Å². The number of primary amides is 2. The zero-order valence-electron chi connectivity index (χ0n) is 31.4. The molecule has 6 N–H and O–H groups in total. The SMILES string of the molecule is CC(C)(C)c1cc(C(CCCCCCC(C(=O)C(N)=O)c2cc(C(C)(C)C)c(O)c(C(C)(C)C)c2)C(=O)C(N)=O)cc(C(C)(C)C)c1O. The van der Waals surface area contributed by atoms with E-state index in [0.29, 0.717) is 71.9 Å². The molecule has 2 unspecified atom stereocenters. The second kappa shape index (κ2) is 14.8. The molecule has 0 heterocycles. The van der Waals surface area contributed by atoms with Gasteiger partial charge < -0.3 is 21.7 Å². The third-order valence-corrected chi connectivity index (χ3v) is 9.16. The second-order valence-corrected chi connectivity index (χ2v) is 17.5. The second-order valence-electron chi connectivity index (χ2n) is 17.5. The van der Waals surface area contributed by atoms with Crippen LogP contribution in [0.5, 0.6) is 11.5 Å². The van der Waals surface area contributed by atoms with Crippen LogP contribution >= 0.6 is 0 Å². The van der Waals surface area contributed by atoms with E-state index in [0.717, 1.165) is 0 Å². The fourth-order valence-corrected chi connectivity index (χ4v) is 6.30. The molecule has 0 saturated heterocycles. The highest BCUT2D eigenvalue weighted by molar-refractivity contribution is 6.38. The molecule has 2 rings (SSSR count). The molecule has 0 aromatic heterocycles. The molecule has 0 radical (unpaired) electrons. The summed E-state index contributed by atoms with van der Waals surface area (Å²) in [6, 6.07) is 7.30. The molecule has 8 nitrogen and oxygen atoms in total. The summed E-state index contributed by atoms with van der Waals surface area (Å²) in [6.07, 6.45) is 3.46. The predicted octanol–water partition coefficient (Wildman–Crippen LogP) is 7.60. The van der Waals surface area contributed by atoms with E-state index in [1.807, 2.05) is 107 Å². The van der Waals surface area contributed by atoms with Crippen molar-refractivity contribution in [2.75, 3.05) is 0 Å². The zero-order chi connectivity index (χ0) is 37.2. The Morgan fingerprint density at radius 3 is 0.917 bits per heavy atom. The lowest BCUT2D eigenvalue weighted by Crippen LogP contribution is -2.30. The highest BCUT2D eigenvalue weighted by Gasteiger charge is 2.33. The maximum Gasteiger partial charge on any atom is 0.285 e. The summed E-state index contributed by atoms with van der Waals surface area (Å²) in [6.45, 7) is 23.9. The molecule has 0 bridgehead atoms. The lowest BCUT2D eigenvalue weighted by atomic mass is 9.75. The Balaban J connectivity index is 2.34. The van der Waals surface area contributed by atoms with Crippen molar-refractivity contribution in [3.63, 3.8) is 0 Å². The molecule has 266 valence electrons. The van der Waals surface area contributed by atoms with E-state index in [-0.39, 0.29) is 11.5 Å². The number of hydrogen-bond acceptors (Lipinski definition) is 6. The van der Waals surface area contributed by atoms with Gasteiger partial charge in [0.05, 0.1) is 11.8 Å². The average Bonchev–Trinajstić information content (AvgIpc) is 2.92. The third kappa shape index (κ3) is 9.93. The Morgan fingerprint density at radius 2 is 0.729 bits per heavy atom. The Labute approximate surface area is 288 Å². The molecule has 2 amide bonds. The van der Waals surface area contributed by atoms with Crippen molar-refractivity contribution in [3.05, 3.63) is 57.6 Å². The number of rotatable bonds is 13. The molecule has 0 saturated carbocycles. The number of phenolic OH excluding ortho intramolecular Hbond substituents is 2. The number of benzene rings is 2. The monoisotopic (exact) mass is 664 g/mol. The van der Waals surface area contributed by atoms with Crippen LogP contribution in [0.4, 0.5) is 0 Å². The Kier molecular flexibility index (Phi) is 12.5. The van der Waals surface area contributed by atoms with Gasteiger partial charge in [-0.05, 0) is 67.9 Å². The lowest BCUT2D eigenvalue weighted by molar-refractivity contribution is -0.137. The Morgan fingerprint density at radius 1 is 0.500 bits per heavy atom. The van der Waals surface area contributed by atoms with Gasteiger partial charge in [0.15, 0.2) is 0 Å². The normalized spacial score (nSPS) is 14.0. The molecule has 0 aliphatic rings. The predicted molar refractivity (Wildman–Crippen MR) is 193 cm³/mol. The highest BCUT2D eigenvalue weighted by atomic mass is 16.3. The fourth-order valence-electron chi connectivity index (χ4n) is 6.30. The van der Waals surface area contributed by atoms with Gasteiger partial charge in [0.25, 0.3) is 11.8 Å². The number of carbonyl (C=O) groups excluding carboxylic acids is 4. The first-order chi connectivity index (χ1) is 21.7. The van der Waals surface area contributed by atoms with Gasteiger partial charge in [-0.2, -0.15) is 0 Å². The van der Waals surface area contributed by atoms with Crippen LogP contribution in [0.1, 0.15) is 167 Å². The first-order valence-electron chi connectivity index (χ1n) is 17.1. The van der Waals surface area contributed by atoms with Gasteiger partial charge in [0.1, 0.15) is 11.5 Å². The van der Waals surface area contributed by atoms with E-state index in [1.54, 1.807) is 0 Å². The number of unbranched alkanes of at least 4 members (excludes halogenated alkanes) is 3. The van der Waals surface area contributed by atoms with Crippen molar-refractivity contribution in [1.29, 1.82) is 0 Å². The molecule has 0 aliphatic carbocycles. The average molecular weight is 665 g/mol. The van der Waals surface area contributed by atoms with E-state index in [4.69, 9.17) is 11.5 Å². The molecule has 48 heavy (non-hydrogen) atoms. The third-order valence-electron chi connectivity index (χ3n) is 9.16. The molecule has 0 spiro atoms. The van der Waals surface area contributed by atoms with Crippen LogP contribution in [0.2, 0.25) is 0 Å². The number of amides is 2. The van der Waals surface area contributed by atoms with E-state index in [2.05, 4.69) is 0 Å². The van der Waals surface area contributed by atoms with Crippen molar-refractivity contribution < 1.29 is 29.4 Å². The topological polar surface area (TPSA) is 161 Å². The first kappa shape index (κ1) is 40.5. The molecule has 2 aromatic rings. The summed E-state index contributed by atoms with van der Waals surface area (Å²) < 4.78 is 0. The molecular formula is C40H60N2O6. The van der Waals surface area contributed by atoms with Crippen LogP contribution in [0, 0.1) is 0 Å². The van der Waals surface area contributed by atoms with Crippen molar-refractivity contribution >= 4 is 23.4 Å². The van der Waals surface area contributed by atoms with Crippen LogP contribution in [-0.4, -0.2) is 33.6 Å². The van der Waals surface area contributed by atoms with Gasteiger partial charge in [-0.1, -0.05) is 133 Å². The summed E-state index contributed by atoms with van der Waals surface area (Å²) in [5, 5.41) is 22.3. The zero-order valence-corrected chi connectivity index (χ0v) is 31.4. The number of hydrogen-bond donors (Lipinski definition) is 4. The van der Waals surface area contributed by atoms with Crippen LogP contribution in [0.25, 0.3) is 0 Å². The van der Waals surface area contributed by atoms with Crippen molar-refractivity contribution in [2.24, 2.45) is 11.5 Å². The standard InChI is InChI=1S/C40H60N2O6/c1-37(2,3)27-19-23(20-28(33(27)45)38(4,5)6)25(31(43)35(41)47)17-15-13-14-16-18-26(32(44)36(42)48)24-21-29(39(7,8)9)34(46)30(22-24)40(10,11)12/h19-22,25-26,45-46H,13-18H2,1-12H3,(H2,41,47)(H2,42,48). The molecule has 8 heteroatoms. The maximum absolute atomic E-state index is 13.1. The number of aromatic hydroxyl groups is 2. The van der Waals surface area contributed by atoms with E-state index in [9.17, 15) is 29.4 Å². The van der Waals surface area contributed by atoms with Crippen molar-refractivity contribution in [2.45, 2.75) is 155 Å². The maximum atomic E-state index is 13.1. The summed E-state index contributed by atoms with van der Waals surface area (Å²) >= 11 is 0. The van der Waals surface area contributed by atoms with Crippen LogP contribution < -0.4 is 11.5 Å². The smallest absolute Gasteiger partial charge is 0.285 e. The Bertz CT molecular complexity index is 1340. The molecule has 2 aromatic carbocycles. The van der Waals surface area contributed by atoms with Crippen molar-refractivity contribution in [1.82, 2.24) is 0 Å². The molecule has 0 aliphatic heterocycles. The largest absolute Gasteiger partial charge is 0.507 e. The minimum Gasteiger partial charge on any atom is -0.507 e. The van der Waals surface area contributed by atoms with Gasteiger partial charge in [-0.25, -0.2) is 0 Å². The molecule has 2 atom stereocenters. The molecular weight excluding hydrogens is 604 g/mol. The summed E-state index contributed by atoms with van der Waals surface area (Å²) in [4.78, 5) is 50.6. The van der Waals surface area contributed by atoms with Gasteiger partial charge in [0.2, 0.25) is 11.6 Å². The number of nitrogens with two attached hydrogens (primary N) is 2. The van der Waals surface area contributed by atoms with E-state index < -0.39 is 56.9 Å². The van der Waals surface area contributed by atoms with Gasteiger partial charge >= 0.3 is 0 Å². The van der Waals surface area contributed by atoms with E-state index >= 15 is 0 Å². The van der Waals surface area contributed by atoms with E-state index in [1.165, 1.54) is 0 Å². The van der Waals surface area contributed by atoms with Crippen LogP contribution in [-0.2, 0) is 40.8 Å². The lowest BCUT2D eigenvalue weighted by Gasteiger charge is -2.29. The minimum absolute atomic E-state index is 0.196. The summed E-state index contributed by atoms with van der Waals surface area (Å²) in [5.41, 5.74) is 13.5. The highest BCUT2D eigenvalue weighted by Crippen LogP contribution is 2.43.